The van der Waals surface area contributed by atoms with Crippen LogP contribution >= 0.6 is 0 Å². The highest BCUT2D eigenvalue weighted by atomic mass is 16.4. The number of nitrogens with zero attached hydrogens (tertiary/aromatic N) is 1. The van der Waals surface area contributed by atoms with Crippen molar-refractivity contribution in [1.82, 2.24) is 5.32 Å². The van der Waals surface area contributed by atoms with E-state index in [1.54, 1.807) is 0 Å². The molecule has 0 amide bonds. The van der Waals surface area contributed by atoms with E-state index < -0.39 is 0 Å². The molecule has 3 unspecified atom stereocenters. The summed E-state index contributed by atoms with van der Waals surface area (Å²) in [7, 11) is 2.02. The largest absolute Gasteiger partial charge is 0.411 e. The van der Waals surface area contributed by atoms with Crippen LogP contribution in [-0.2, 0) is 0 Å². The Kier molecular flexibility index (Phi) is 1.94. The molecule has 3 rings (SSSR count). The summed E-state index contributed by atoms with van der Waals surface area (Å²) in [5.41, 5.74) is 1.45. The summed E-state index contributed by atoms with van der Waals surface area (Å²) in [5, 5.41) is 15.8. The molecule has 3 nitrogen and oxygen atoms in total. The van der Waals surface area contributed by atoms with Gasteiger partial charge in [-0.05, 0) is 31.2 Å². The Morgan fingerprint density at radius 2 is 2.14 bits per heavy atom. The Labute approximate surface area is 85.6 Å². The summed E-state index contributed by atoms with van der Waals surface area (Å²) in [6, 6.07) is 0. The smallest absolute Gasteiger partial charge is 0.0620 e. The molecular formula is C11H20N2O. The van der Waals surface area contributed by atoms with Crippen molar-refractivity contribution in [3.63, 3.8) is 0 Å². The zero-order chi connectivity index (χ0) is 10.6. The van der Waals surface area contributed by atoms with Gasteiger partial charge in [0.2, 0.25) is 0 Å². The van der Waals surface area contributed by atoms with Crippen molar-refractivity contribution in [1.29, 1.82) is 0 Å². The molecular weight excluding hydrogens is 176 g/mol. The van der Waals surface area contributed by atoms with Crippen molar-refractivity contribution in [2.45, 2.75) is 39.2 Å². The molecule has 14 heavy (non-hydrogen) atoms. The van der Waals surface area contributed by atoms with Crippen molar-refractivity contribution in [2.24, 2.45) is 22.4 Å². The number of rotatable bonds is 1. The Morgan fingerprint density at radius 3 is 2.57 bits per heavy atom. The molecule has 3 aliphatic rings. The topological polar surface area (TPSA) is 44.6 Å². The molecule has 80 valence electrons. The predicted octanol–water partition coefficient (Wildman–Crippen LogP) is 1.86. The number of hydrogen-bond donors (Lipinski definition) is 2. The van der Waals surface area contributed by atoms with Gasteiger partial charge in [0.1, 0.15) is 0 Å². The second-order valence-corrected chi connectivity index (χ2v) is 5.36. The van der Waals surface area contributed by atoms with Gasteiger partial charge in [0.05, 0.1) is 5.71 Å². The zero-order valence-electron chi connectivity index (χ0n) is 9.46. The zero-order valence-corrected chi connectivity index (χ0v) is 9.46. The standard InChI is InChI=1S/C11H20N2O/c1-7-9(13-14)5-8-6-11(7,12-4)10(8,2)3/h7-8,12,14H,5-6H2,1-4H3. The van der Waals surface area contributed by atoms with Gasteiger partial charge in [-0.25, -0.2) is 0 Å². The van der Waals surface area contributed by atoms with E-state index in [1.165, 1.54) is 6.42 Å². The van der Waals surface area contributed by atoms with E-state index in [0.29, 0.717) is 17.3 Å². The predicted molar refractivity (Wildman–Crippen MR) is 56.7 cm³/mol. The van der Waals surface area contributed by atoms with Crippen molar-refractivity contribution in [3.05, 3.63) is 0 Å². The molecule has 0 saturated heterocycles. The third-order valence-electron chi connectivity index (χ3n) is 5.01. The van der Waals surface area contributed by atoms with Crippen LogP contribution in [0.1, 0.15) is 33.6 Å². The lowest BCUT2D eigenvalue weighted by atomic mass is 9.40. The first-order valence-electron chi connectivity index (χ1n) is 5.39. The van der Waals surface area contributed by atoms with E-state index in [-0.39, 0.29) is 5.54 Å². The van der Waals surface area contributed by atoms with E-state index in [9.17, 15) is 0 Å². The number of nitrogens with one attached hydrogen (secondary N) is 1. The van der Waals surface area contributed by atoms with Crippen LogP contribution in [0.3, 0.4) is 0 Å². The molecule has 0 aromatic heterocycles. The maximum absolute atomic E-state index is 8.94. The number of fused-ring (bicyclic) bond motifs is 2. The summed E-state index contributed by atoms with van der Waals surface area (Å²) < 4.78 is 0. The summed E-state index contributed by atoms with van der Waals surface area (Å²) >= 11 is 0. The van der Waals surface area contributed by atoms with Crippen molar-refractivity contribution < 1.29 is 5.21 Å². The molecule has 0 heterocycles. The average molecular weight is 196 g/mol. The SMILES string of the molecule is CNC12CC(CC(=NO)C1C)C2(C)C. The lowest BCUT2D eigenvalue weighted by molar-refractivity contribution is -0.102. The van der Waals surface area contributed by atoms with E-state index in [1.807, 2.05) is 7.05 Å². The lowest BCUT2D eigenvalue weighted by Crippen LogP contribution is -2.75. The summed E-state index contributed by atoms with van der Waals surface area (Å²) in [4.78, 5) is 0. The van der Waals surface area contributed by atoms with Crippen LogP contribution in [0, 0.1) is 17.3 Å². The first kappa shape index (κ1) is 9.97. The van der Waals surface area contributed by atoms with Gasteiger partial charge in [-0.15, -0.1) is 0 Å². The van der Waals surface area contributed by atoms with Crippen LogP contribution in [0.5, 0.6) is 0 Å². The maximum atomic E-state index is 8.94. The molecule has 0 spiro atoms. The molecule has 3 fully saturated rings. The monoisotopic (exact) mass is 196 g/mol. The second kappa shape index (κ2) is 2.72. The Balaban J connectivity index is 2.37. The Morgan fingerprint density at radius 1 is 1.50 bits per heavy atom. The van der Waals surface area contributed by atoms with Gasteiger partial charge < -0.3 is 10.5 Å². The minimum Gasteiger partial charge on any atom is -0.411 e. The second-order valence-electron chi connectivity index (χ2n) is 5.36. The van der Waals surface area contributed by atoms with Crippen LogP contribution < -0.4 is 5.32 Å². The van der Waals surface area contributed by atoms with Gasteiger partial charge in [-0.2, -0.15) is 0 Å². The lowest BCUT2D eigenvalue weighted by Gasteiger charge is -2.68. The highest BCUT2D eigenvalue weighted by Crippen LogP contribution is 2.62. The quantitative estimate of drug-likeness (QED) is 0.496. The molecule has 0 radical (unpaired) electrons. The van der Waals surface area contributed by atoms with Crippen molar-refractivity contribution in [2.75, 3.05) is 7.05 Å². The molecule has 3 heteroatoms. The molecule has 3 aliphatic carbocycles. The Hall–Kier alpha value is -0.570. The van der Waals surface area contributed by atoms with Gasteiger partial charge in [0.25, 0.3) is 0 Å². The number of oxime groups is 1. The first-order chi connectivity index (χ1) is 6.49. The Bertz CT molecular complexity index is 285. The summed E-state index contributed by atoms with van der Waals surface area (Å²) in [5.74, 6) is 1.02. The van der Waals surface area contributed by atoms with E-state index >= 15 is 0 Å². The maximum Gasteiger partial charge on any atom is 0.0620 e. The molecule has 2 bridgehead atoms. The molecule has 0 aromatic carbocycles. The third kappa shape index (κ3) is 0.842. The normalized spacial score (nSPS) is 47.6. The minimum absolute atomic E-state index is 0.150. The fourth-order valence-corrected chi connectivity index (χ4v) is 3.68. The average Bonchev–Trinajstić information content (AvgIpc) is 2.17. The summed E-state index contributed by atoms with van der Waals surface area (Å²) in [6.07, 6.45) is 2.19. The highest BCUT2D eigenvalue weighted by Gasteiger charge is 2.65. The highest BCUT2D eigenvalue weighted by molar-refractivity contribution is 5.90. The molecule has 0 aromatic rings. The molecule has 3 atom stereocenters. The van der Waals surface area contributed by atoms with E-state index in [2.05, 4.69) is 31.2 Å². The first-order valence-corrected chi connectivity index (χ1v) is 5.39. The van der Waals surface area contributed by atoms with Gasteiger partial charge in [0.15, 0.2) is 0 Å². The van der Waals surface area contributed by atoms with Crippen LogP contribution in [0.15, 0.2) is 5.16 Å². The van der Waals surface area contributed by atoms with Gasteiger partial charge in [-0.1, -0.05) is 25.9 Å². The van der Waals surface area contributed by atoms with Crippen LogP contribution in [0.4, 0.5) is 0 Å². The molecule has 3 saturated carbocycles. The van der Waals surface area contributed by atoms with Gasteiger partial charge in [0, 0.05) is 11.5 Å². The minimum atomic E-state index is 0.150. The van der Waals surface area contributed by atoms with Gasteiger partial charge in [-0.3, -0.25) is 0 Å². The molecule has 2 N–H and O–H groups in total. The van der Waals surface area contributed by atoms with Gasteiger partial charge >= 0.3 is 0 Å². The van der Waals surface area contributed by atoms with Crippen LogP contribution in [0.25, 0.3) is 0 Å². The molecule has 0 aliphatic heterocycles. The van der Waals surface area contributed by atoms with Crippen LogP contribution in [-0.4, -0.2) is 23.5 Å². The van der Waals surface area contributed by atoms with E-state index in [0.717, 1.165) is 12.1 Å². The summed E-state index contributed by atoms with van der Waals surface area (Å²) in [6.45, 7) is 6.81. The third-order valence-corrected chi connectivity index (χ3v) is 5.01. The van der Waals surface area contributed by atoms with Crippen molar-refractivity contribution >= 4 is 5.71 Å². The fourth-order valence-electron chi connectivity index (χ4n) is 3.68. The van der Waals surface area contributed by atoms with Crippen molar-refractivity contribution in [3.8, 4) is 0 Å². The fraction of sp³-hybridized carbons (Fsp3) is 0.909. The van der Waals surface area contributed by atoms with Crippen LogP contribution in [0.2, 0.25) is 0 Å². The van der Waals surface area contributed by atoms with E-state index in [4.69, 9.17) is 5.21 Å². The number of hydrogen-bond acceptors (Lipinski definition) is 3.